The number of unbranched alkanes of at least 4 members (excludes halogenated alkanes) is 24. The Bertz CT molecular complexity index is 1210. The molecule has 0 aromatic heterocycles. The number of ether oxygens (including phenoxy) is 4. The van der Waals surface area contributed by atoms with E-state index >= 15 is 0 Å². The zero-order chi connectivity index (χ0) is 44.1. The van der Waals surface area contributed by atoms with Crippen molar-refractivity contribution in [3.63, 3.8) is 0 Å². The van der Waals surface area contributed by atoms with Crippen LogP contribution in [0.1, 0.15) is 206 Å². The van der Waals surface area contributed by atoms with E-state index in [1.165, 1.54) is 116 Å². The average Bonchev–Trinajstić information content (AvgIpc) is 3.21. The number of esters is 2. The van der Waals surface area contributed by atoms with Gasteiger partial charge in [-0.25, -0.2) is 0 Å². The van der Waals surface area contributed by atoms with Gasteiger partial charge in [0.25, 0.3) is 10.1 Å². The summed E-state index contributed by atoms with van der Waals surface area (Å²) in [4.78, 5) is 25.4. The maximum Gasteiger partial charge on any atom is 0.306 e. The van der Waals surface area contributed by atoms with Crippen LogP contribution >= 0.6 is 0 Å². The van der Waals surface area contributed by atoms with Gasteiger partial charge < -0.3 is 34.3 Å². The molecule has 4 N–H and O–H groups in total. The second kappa shape index (κ2) is 37.7. The monoisotopic (exact) mass is 875 g/mol. The lowest BCUT2D eigenvalue weighted by Gasteiger charge is -2.40. The molecule has 0 radical (unpaired) electrons. The third-order valence-electron chi connectivity index (χ3n) is 11.0. The Labute approximate surface area is 364 Å². The van der Waals surface area contributed by atoms with Crippen molar-refractivity contribution in [2.75, 3.05) is 19.0 Å². The second-order valence-electron chi connectivity index (χ2n) is 16.8. The average molecular weight is 875 g/mol. The molecule has 352 valence electrons. The molecule has 6 unspecified atom stereocenters. The maximum atomic E-state index is 12.8. The summed E-state index contributed by atoms with van der Waals surface area (Å²) in [5.74, 6) is -1.98. The zero-order valence-corrected chi connectivity index (χ0v) is 38.4. The van der Waals surface area contributed by atoms with Crippen LogP contribution in [-0.2, 0) is 38.7 Å². The van der Waals surface area contributed by atoms with Crippen LogP contribution in [0, 0.1) is 0 Å². The normalized spacial score (nSPS) is 20.3. The Hall–Kier alpha value is -1.87. The number of rotatable bonds is 40. The van der Waals surface area contributed by atoms with Gasteiger partial charge in [0.05, 0.1) is 6.61 Å². The van der Waals surface area contributed by atoms with E-state index < -0.39 is 71.2 Å². The zero-order valence-electron chi connectivity index (χ0n) is 37.6. The first-order valence-corrected chi connectivity index (χ1v) is 25.5. The summed E-state index contributed by atoms with van der Waals surface area (Å²) in [5.41, 5.74) is 0. The molecule has 0 amide bonds. The van der Waals surface area contributed by atoms with E-state index in [0.29, 0.717) is 12.8 Å². The lowest BCUT2D eigenvalue weighted by atomic mass is 10.00. The highest BCUT2D eigenvalue weighted by Gasteiger charge is 2.46. The van der Waals surface area contributed by atoms with Gasteiger partial charge in [0, 0.05) is 12.8 Å². The quantitative estimate of drug-likeness (QED) is 0.0198. The Morgan fingerprint density at radius 1 is 0.567 bits per heavy atom. The summed E-state index contributed by atoms with van der Waals surface area (Å²) in [6.07, 6.45) is 32.2. The highest BCUT2D eigenvalue weighted by Crippen LogP contribution is 2.24. The van der Waals surface area contributed by atoms with E-state index in [1.54, 1.807) is 0 Å². The molecule has 1 rings (SSSR count). The van der Waals surface area contributed by atoms with Crippen LogP contribution in [0.15, 0.2) is 24.3 Å². The molecule has 1 saturated heterocycles. The van der Waals surface area contributed by atoms with Crippen LogP contribution in [0.5, 0.6) is 0 Å². The van der Waals surface area contributed by atoms with Crippen molar-refractivity contribution in [3.8, 4) is 0 Å². The summed E-state index contributed by atoms with van der Waals surface area (Å²) in [7, 11) is -4.60. The molecule has 1 aliphatic rings. The molecule has 60 heavy (non-hydrogen) atoms. The molecule has 0 spiro atoms. The van der Waals surface area contributed by atoms with Crippen molar-refractivity contribution in [2.24, 2.45) is 0 Å². The van der Waals surface area contributed by atoms with Gasteiger partial charge in [0.1, 0.15) is 36.8 Å². The summed E-state index contributed by atoms with van der Waals surface area (Å²) < 4.78 is 54.1. The van der Waals surface area contributed by atoms with Crippen molar-refractivity contribution in [1.29, 1.82) is 0 Å². The molecule has 0 aromatic rings. The van der Waals surface area contributed by atoms with Crippen LogP contribution < -0.4 is 0 Å². The Kier molecular flexibility index (Phi) is 35.2. The fourth-order valence-electron chi connectivity index (χ4n) is 7.30. The number of hydrogen-bond donors (Lipinski definition) is 4. The van der Waals surface area contributed by atoms with E-state index in [1.807, 2.05) is 0 Å². The van der Waals surface area contributed by atoms with Crippen molar-refractivity contribution >= 4 is 22.1 Å². The van der Waals surface area contributed by atoms with Gasteiger partial charge in [-0.15, -0.1) is 0 Å². The van der Waals surface area contributed by atoms with Gasteiger partial charge >= 0.3 is 11.9 Å². The predicted octanol–water partition coefficient (Wildman–Crippen LogP) is 10.0. The number of hydrogen-bond acceptors (Lipinski definition) is 11. The van der Waals surface area contributed by atoms with Gasteiger partial charge in [0.15, 0.2) is 12.4 Å². The lowest BCUT2D eigenvalue weighted by molar-refractivity contribution is -0.297. The molecule has 1 aliphatic heterocycles. The summed E-state index contributed by atoms with van der Waals surface area (Å²) in [5, 5.41) is 30.9. The predicted molar refractivity (Wildman–Crippen MR) is 238 cm³/mol. The summed E-state index contributed by atoms with van der Waals surface area (Å²) in [6.45, 7) is 3.75. The molecule has 6 atom stereocenters. The highest BCUT2D eigenvalue weighted by molar-refractivity contribution is 7.85. The molecular formula is C47H86O12S. The van der Waals surface area contributed by atoms with Gasteiger partial charge in [-0.1, -0.05) is 173 Å². The largest absolute Gasteiger partial charge is 0.462 e. The molecule has 1 fully saturated rings. The van der Waals surface area contributed by atoms with Gasteiger partial charge in [-0.2, -0.15) is 8.42 Å². The van der Waals surface area contributed by atoms with E-state index in [4.69, 9.17) is 18.9 Å². The minimum Gasteiger partial charge on any atom is -0.462 e. The number of carbonyl (C=O) groups excluding carboxylic acids is 2. The van der Waals surface area contributed by atoms with E-state index in [9.17, 15) is 37.9 Å². The van der Waals surface area contributed by atoms with E-state index in [-0.39, 0.29) is 19.4 Å². The highest BCUT2D eigenvalue weighted by atomic mass is 32.2. The molecule has 0 aromatic carbocycles. The Balaban J connectivity index is 2.38. The molecule has 13 heteroatoms. The molecule has 0 bridgehead atoms. The van der Waals surface area contributed by atoms with Crippen LogP contribution in [0.2, 0.25) is 0 Å². The van der Waals surface area contributed by atoms with Gasteiger partial charge in [0.2, 0.25) is 0 Å². The van der Waals surface area contributed by atoms with E-state index in [0.717, 1.165) is 51.4 Å². The fraction of sp³-hybridized carbons (Fsp3) is 0.872. The smallest absolute Gasteiger partial charge is 0.306 e. The van der Waals surface area contributed by atoms with Crippen molar-refractivity contribution < 1.29 is 56.8 Å². The molecular weight excluding hydrogens is 789 g/mol. The number of aliphatic hydroxyl groups is 3. The number of carbonyl (C=O) groups is 2. The first-order valence-electron chi connectivity index (χ1n) is 23.9. The van der Waals surface area contributed by atoms with Crippen molar-refractivity contribution in [3.05, 3.63) is 24.3 Å². The number of allylic oxidation sites excluding steroid dienone is 4. The third kappa shape index (κ3) is 31.9. The van der Waals surface area contributed by atoms with Crippen LogP contribution in [-0.4, -0.2) is 96.0 Å². The summed E-state index contributed by atoms with van der Waals surface area (Å²) in [6, 6.07) is 0. The minimum absolute atomic E-state index is 0.162. The first kappa shape index (κ1) is 56.1. The van der Waals surface area contributed by atoms with Gasteiger partial charge in [-0.3, -0.25) is 14.1 Å². The minimum atomic E-state index is -4.60. The SMILES string of the molecule is CCCCCCC/C=C\C/C=C\CCCCCCCCCCCC(=O)OC(COC(=O)CCCCCCCCCCCCC)COC1OC(CS(=O)(=O)O)C(O)C(O)C1O. The molecule has 12 nitrogen and oxygen atoms in total. The fourth-order valence-corrected chi connectivity index (χ4v) is 7.99. The maximum absolute atomic E-state index is 12.8. The standard InChI is InChI=1S/C47H86O12S/c1-3-5-7-9-11-13-15-16-17-18-19-20-21-22-23-24-26-28-30-32-34-36-43(49)58-40(37-56-42(48)35-33-31-29-27-25-14-12-10-8-6-4-2)38-57-47-46(52)45(51)44(50)41(59-47)39-60(53,54)55/h15-16,18-19,40-41,44-47,50-52H,3-14,17,20-39H2,1-2H3,(H,53,54,55)/b16-15-,19-18-. The van der Waals surface area contributed by atoms with Crippen molar-refractivity contribution in [1.82, 2.24) is 0 Å². The van der Waals surface area contributed by atoms with E-state index in [2.05, 4.69) is 38.2 Å². The molecule has 0 aliphatic carbocycles. The summed E-state index contributed by atoms with van der Waals surface area (Å²) >= 11 is 0. The van der Waals surface area contributed by atoms with Gasteiger partial charge in [-0.05, 0) is 44.9 Å². The number of aliphatic hydroxyl groups excluding tert-OH is 3. The van der Waals surface area contributed by atoms with Crippen LogP contribution in [0.4, 0.5) is 0 Å². The lowest BCUT2D eigenvalue weighted by Crippen LogP contribution is -2.60. The molecule has 1 heterocycles. The Morgan fingerprint density at radius 3 is 1.47 bits per heavy atom. The Morgan fingerprint density at radius 2 is 1.00 bits per heavy atom. The van der Waals surface area contributed by atoms with Crippen molar-refractivity contribution in [2.45, 2.75) is 243 Å². The molecule has 0 saturated carbocycles. The first-order chi connectivity index (χ1) is 29.0. The topological polar surface area (TPSA) is 186 Å². The third-order valence-corrected chi connectivity index (χ3v) is 11.8. The van der Waals surface area contributed by atoms with Crippen LogP contribution in [0.3, 0.4) is 0 Å². The second-order valence-corrected chi connectivity index (χ2v) is 18.3. The van der Waals surface area contributed by atoms with Crippen LogP contribution in [0.25, 0.3) is 0 Å².